The smallest absolute Gasteiger partial charge is 0.241 e. The molecule has 4 nitrogen and oxygen atoms in total. The van der Waals surface area contributed by atoms with Crippen LogP contribution >= 0.6 is 11.6 Å². The average Bonchev–Trinajstić information content (AvgIpc) is 2.55. The highest BCUT2D eigenvalue weighted by Crippen LogP contribution is 2.20. The molecule has 1 atom stereocenters. The predicted octanol–water partition coefficient (Wildman–Crippen LogP) is 3.67. The van der Waals surface area contributed by atoms with E-state index in [0.29, 0.717) is 22.8 Å². The number of carbonyl (C=O) groups excluding carboxylic acids is 1. The molecule has 0 spiro atoms. The molecule has 0 heterocycles. The van der Waals surface area contributed by atoms with Crippen molar-refractivity contribution in [3.05, 3.63) is 64.7 Å². The molecule has 0 saturated carbocycles. The second-order valence-corrected chi connectivity index (χ2v) is 5.78. The van der Waals surface area contributed by atoms with Gasteiger partial charge in [0.25, 0.3) is 0 Å². The molecule has 1 amide bonds. The van der Waals surface area contributed by atoms with Crippen LogP contribution in [-0.4, -0.2) is 23.9 Å². The Kier molecular flexibility index (Phi) is 5.75. The summed E-state index contributed by atoms with van der Waals surface area (Å²) in [4.78, 5) is 14.3. The number of benzene rings is 2. The summed E-state index contributed by atoms with van der Waals surface area (Å²) in [5, 5.41) is 12.0. The molecule has 23 heavy (non-hydrogen) atoms. The fraction of sp³-hybridized carbons (Fsp3) is 0.222. The summed E-state index contributed by atoms with van der Waals surface area (Å²) in [7, 11) is 1.91. The molecule has 0 fully saturated rings. The van der Waals surface area contributed by atoms with Crippen LogP contribution in [0.4, 0.5) is 5.69 Å². The molecule has 1 N–H and O–H groups in total. The van der Waals surface area contributed by atoms with E-state index in [1.165, 1.54) is 0 Å². The zero-order valence-corrected chi connectivity index (χ0v) is 13.8. The van der Waals surface area contributed by atoms with Crippen molar-refractivity contribution in [1.82, 2.24) is 4.90 Å². The number of hydrogen-bond acceptors (Lipinski definition) is 3. The molecule has 0 aliphatic heterocycles. The van der Waals surface area contributed by atoms with E-state index in [0.717, 1.165) is 5.56 Å². The van der Waals surface area contributed by atoms with Gasteiger partial charge in [-0.25, -0.2) is 0 Å². The Morgan fingerprint density at radius 1 is 1.30 bits per heavy atom. The summed E-state index contributed by atoms with van der Waals surface area (Å²) < 4.78 is 0. The van der Waals surface area contributed by atoms with Crippen molar-refractivity contribution in [2.75, 3.05) is 12.4 Å². The number of hydrogen-bond donors (Lipinski definition) is 1. The molecular weight excluding hydrogens is 310 g/mol. The number of nitriles is 1. The standard InChI is InChI=1S/C18H18ClN3O/c1-13(22(2)12-14-6-4-3-5-7-14)18(23)21-16-9-8-15(11-20)17(19)10-16/h3-10,13H,12H2,1-2H3,(H,21,23)/t13-/m1/s1. The van der Waals surface area contributed by atoms with Crippen LogP contribution in [0.2, 0.25) is 5.02 Å². The van der Waals surface area contributed by atoms with Crippen LogP contribution in [0, 0.1) is 11.3 Å². The fourth-order valence-corrected chi connectivity index (χ4v) is 2.36. The third kappa shape index (κ3) is 4.56. The van der Waals surface area contributed by atoms with Crippen LogP contribution in [-0.2, 0) is 11.3 Å². The van der Waals surface area contributed by atoms with Crippen LogP contribution in [0.1, 0.15) is 18.1 Å². The molecule has 2 aromatic rings. The topological polar surface area (TPSA) is 56.1 Å². The third-order valence-electron chi connectivity index (χ3n) is 3.67. The highest BCUT2D eigenvalue weighted by molar-refractivity contribution is 6.32. The molecule has 5 heteroatoms. The van der Waals surface area contributed by atoms with Gasteiger partial charge in [-0.2, -0.15) is 5.26 Å². The van der Waals surface area contributed by atoms with Crippen molar-refractivity contribution in [3.63, 3.8) is 0 Å². The second kappa shape index (κ2) is 7.77. The molecule has 2 rings (SSSR count). The van der Waals surface area contributed by atoms with Gasteiger partial charge >= 0.3 is 0 Å². The fourth-order valence-electron chi connectivity index (χ4n) is 2.14. The number of likely N-dealkylation sites (N-methyl/N-ethyl adjacent to an activating group) is 1. The zero-order chi connectivity index (χ0) is 16.8. The largest absolute Gasteiger partial charge is 0.325 e. The first kappa shape index (κ1) is 17.0. The van der Waals surface area contributed by atoms with Crippen molar-refractivity contribution in [2.45, 2.75) is 19.5 Å². The van der Waals surface area contributed by atoms with E-state index in [1.54, 1.807) is 18.2 Å². The lowest BCUT2D eigenvalue weighted by Crippen LogP contribution is -2.39. The van der Waals surface area contributed by atoms with Crippen LogP contribution in [0.3, 0.4) is 0 Å². The van der Waals surface area contributed by atoms with Gasteiger partial charge in [-0.05, 0) is 37.7 Å². The van der Waals surface area contributed by atoms with Crippen LogP contribution in [0.25, 0.3) is 0 Å². The molecule has 0 aromatic heterocycles. The summed E-state index contributed by atoms with van der Waals surface area (Å²) in [6.07, 6.45) is 0. The molecular formula is C18H18ClN3O. The maximum absolute atomic E-state index is 12.3. The Morgan fingerprint density at radius 3 is 2.61 bits per heavy atom. The number of nitrogens with zero attached hydrogens (tertiary/aromatic N) is 2. The molecule has 118 valence electrons. The Bertz CT molecular complexity index is 725. The van der Waals surface area contributed by atoms with Gasteiger partial charge in [0.1, 0.15) is 6.07 Å². The summed E-state index contributed by atoms with van der Waals surface area (Å²) in [6, 6.07) is 16.5. The monoisotopic (exact) mass is 327 g/mol. The lowest BCUT2D eigenvalue weighted by molar-refractivity contribution is -0.120. The van der Waals surface area contributed by atoms with Gasteiger partial charge in [0, 0.05) is 12.2 Å². The predicted molar refractivity (Wildman–Crippen MR) is 92.2 cm³/mol. The van der Waals surface area contributed by atoms with Crippen LogP contribution in [0.5, 0.6) is 0 Å². The number of carbonyl (C=O) groups is 1. The molecule has 0 aliphatic rings. The summed E-state index contributed by atoms with van der Waals surface area (Å²) in [5.41, 5.74) is 2.12. The number of halogens is 1. The molecule has 0 bridgehead atoms. The molecule has 0 radical (unpaired) electrons. The minimum atomic E-state index is -0.301. The van der Waals surface area contributed by atoms with Gasteiger partial charge in [-0.15, -0.1) is 0 Å². The minimum absolute atomic E-state index is 0.121. The van der Waals surface area contributed by atoms with Gasteiger partial charge in [-0.1, -0.05) is 41.9 Å². The van der Waals surface area contributed by atoms with Gasteiger partial charge in [0.2, 0.25) is 5.91 Å². The molecule has 0 aliphatic carbocycles. The Hall–Kier alpha value is -2.35. The molecule has 0 unspecified atom stereocenters. The van der Waals surface area contributed by atoms with Gasteiger partial charge in [-0.3, -0.25) is 9.69 Å². The molecule has 2 aromatic carbocycles. The van der Waals surface area contributed by atoms with E-state index in [9.17, 15) is 4.79 Å². The number of amides is 1. The van der Waals surface area contributed by atoms with Gasteiger partial charge in [0.05, 0.1) is 16.6 Å². The van der Waals surface area contributed by atoms with E-state index in [-0.39, 0.29) is 11.9 Å². The van der Waals surface area contributed by atoms with Gasteiger partial charge in [0.15, 0.2) is 0 Å². The Morgan fingerprint density at radius 2 is 2.00 bits per heavy atom. The highest BCUT2D eigenvalue weighted by atomic mass is 35.5. The Labute approximate surface area is 141 Å². The minimum Gasteiger partial charge on any atom is -0.325 e. The van der Waals surface area contributed by atoms with Gasteiger partial charge < -0.3 is 5.32 Å². The Balaban J connectivity index is 1.99. The SMILES string of the molecule is C[C@H](C(=O)Nc1ccc(C#N)c(Cl)c1)N(C)Cc1ccccc1. The number of nitrogens with one attached hydrogen (secondary N) is 1. The van der Waals surface area contributed by atoms with E-state index < -0.39 is 0 Å². The van der Waals surface area contributed by atoms with E-state index in [2.05, 4.69) is 5.32 Å². The van der Waals surface area contributed by atoms with E-state index in [1.807, 2.05) is 55.3 Å². The lowest BCUT2D eigenvalue weighted by Gasteiger charge is -2.24. The van der Waals surface area contributed by atoms with Crippen LogP contribution in [0.15, 0.2) is 48.5 Å². The van der Waals surface area contributed by atoms with Crippen LogP contribution < -0.4 is 5.32 Å². The van der Waals surface area contributed by atoms with Crippen molar-refractivity contribution >= 4 is 23.2 Å². The molecule has 0 saturated heterocycles. The first-order chi connectivity index (χ1) is 11.0. The maximum atomic E-state index is 12.3. The lowest BCUT2D eigenvalue weighted by atomic mass is 10.1. The number of anilines is 1. The van der Waals surface area contributed by atoms with E-state index >= 15 is 0 Å². The summed E-state index contributed by atoms with van der Waals surface area (Å²) >= 11 is 5.98. The normalized spacial score (nSPS) is 11.8. The summed E-state index contributed by atoms with van der Waals surface area (Å²) in [6.45, 7) is 2.53. The van der Waals surface area contributed by atoms with Crippen molar-refractivity contribution in [3.8, 4) is 6.07 Å². The highest BCUT2D eigenvalue weighted by Gasteiger charge is 2.18. The quantitative estimate of drug-likeness (QED) is 0.911. The third-order valence-corrected chi connectivity index (χ3v) is 3.99. The van der Waals surface area contributed by atoms with E-state index in [4.69, 9.17) is 16.9 Å². The van der Waals surface area contributed by atoms with Crippen molar-refractivity contribution in [1.29, 1.82) is 5.26 Å². The maximum Gasteiger partial charge on any atom is 0.241 e. The zero-order valence-electron chi connectivity index (χ0n) is 13.1. The first-order valence-corrected chi connectivity index (χ1v) is 7.63. The second-order valence-electron chi connectivity index (χ2n) is 5.37. The first-order valence-electron chi connectivity index (χ1n) is 7.26. The van der Waals surface area contributed by atoms with Crippen molar-refractivity contribution < 1.29 is 4.79 Å². The number of rotatable bonds is 5. The average molecular weight is 328 g/mol. The summed E-state index contributed by atoms with van der Waals surface area (Å²) in [5.74, 6) is -0.121. The van der Waals surface area contributed by atoms with Crippen molar-refractivity contribution in [2.24, 2.45) is 0 Å².